The fourth-order valence-corrected chi connectivity index (χ4v) is 2.64. The zero-order valence-electron chi connectivity index (χ0n) is 13.5. The molecule has 1 aliphatic heterocycles. The first kappa shape index (κ1) is 15.5. The second-order valence-electron chi connectivity index (χ2n) is 6.15. The minimum atomic E-state index is -0.769. The van der Waals surface area contributed by atoms with Crippen molar-refractivity contribution in [3.8, 4) is 11.5 Å². The number of carbonyl (C=O) groups excluding carboxylic acids is 2. The number of hydrogen-bond acceptors (Lipinski definition) is 4. The molecule has 1 aliphatic carbocycles. The maximum atomic E-state index is 12.5. The molecule has 128 valence electrons. The van der Waals surface area contributed by atoms with Gasteiger partial charge in [0.1, 0.15) is 6.61 Å². The van der Waals surface area contributed by atoms with Crippen LogP contribution in [0.4, 0.5) is 5.69 Å². The van der Waals surface area contributed by atoms with E-state index in [0.717, 1.165) is 12.8 Å². The first-order chi connectivity index (χ1) is 12.2. The first-order valence-corrected chi connectivity index (χ1v) is 8.30. The van der Waals surface area contributed by atoms with Gasteiger partial charge in [-0.15, -0.1) is 0 Å². The van der Waals surface area contributed by atoms with Gasteiger partial charge < -0.3 is 20.1 Å². The summed E-state index contributed by atoms with van der Waals surface area (Å²) in [6, 6.07) is 14.4. The number of nitrogens with one attached hydrogen (secondary N) is 2. The number of fused-ring (bicyclic) bond motifs is 1. The molecule has 2 aliphatic rings. The molecule has 0 unspecified atom stereocenters. The van der Waals surface area contributed by atoms with Gasteiger partial charge in [-0.3, -0.25) is 9.59 Å². The van der Waals surface area contributed by atoms with Crippen molar-refractivity contribution in [1.82, 2.24) is 5.32 Å². The zero-order valence-corrected chi connectivity index (χ0v) is 13.5. The highest BCUT2D eigenvalue weighted by Gasteiger charge is 2.29. The summed E-state index contributed by atoms with van der Waals surface area (Å²) in [4.78, 5) is 24.9. The Hall–Kier alpha value is -3.02. The summed E-state index contributed by atoms with van der Waals surface area (Å²) in [5.74, 6) is 0.634. The highest BCUT2D eigenvalue weighted by Crippen LogP contribution is 2.31. The van der Waals surface area contributed by atoms with Crippen molar-refractivity contribution in [1.29, 1.82) is 0 Å². The molecule has 0 spiro atoms. The average Bonchev–Trinajstić information content (AvgIpc) is 3.45. The fourth-order valence-electron chi connectivity index (χ4n) is 2.64. The van der Waals surface area contributed by atoms with E-state index in [2.05, 4.69) is 10.6 Å². The van der Waals surface area contributed by atoms with Gasteiger partial charge in [-0.05, 0) is 37.1 Å². The summed E-state index contributed by atoms with van der Waals surface area (Å²) in [5, 5.41) is 5.71. The Bertz CT molecular complexity index is 817. The van der Waals surface area contributed by atoms with Gasteiger partial charge in [0, 0.05) is 6.04 Å². The van der Waals surface area contributed by atoms with Crippen molar-refractivity contribution in [3.05, 3.63) is 54.1 Å². The Kier molecular flexibility index (Phi) is 4.01. The number of para-hydroxylation sites is 3. The highest BCUT2D eigenvalue weighted by atomic mass is 16.6. The van der Waals surface area contributed by atoms with Crippen LogP contribution in [0, 0.1) is 0 Å². The SMILES string of the molecule is O=C(NC1CC1)c1ccccc1NC(=O)[C@@H]1COc2ccccc2O1. The second-order valence-corrected chi connectivity index (χ2v) is 6.15. The molecule has 1 fully saturated rings. The topological polar surface area (TPSA) is 76.7 Å². The number of hydrogen-bond donors (Lipinski definition) is 2. The van der Waals surface area contributed by atoms with Crippen LogP contribution in [-0.4, -0.2) is 30.6 Å². The summed E-state index contributed by atoms with van der Waals surface area (Å²) in [7, 11) is 0. The standard InChI is InChI=1S/C19H18N2O4/c22-18(20-12-9-10-12)13-5-1-2-6-14(13)21-19(23)17-11-24-15-7-3-4-8-16(15)25-17/h1-8,12,17H,9-11H2,(H,20,22)(H,21,23)/t17-/m0/s1. The van der Waals surface area contributed by atoms with Crippen LogP contribution < -0.4 is 20.1 Å². The van der Waals surface area contributed by atoms with E-state index in [0.29, 0.717) is 22.7 Å². The lowest BCUT2D eigenvalue weighted by Crippen LogP contribution is -2.40. The molecule has 6 heteroatoms. The van der Waals surface area contributed by atoms with Crippen LogP contribution in [-0.2, 0) is 4.79 Å². The van der Waals surface area contributed by atoms with Crippen LogP contribution in [0.2, 0.25) is 0 Å². The third-order valence-corrected chi connectivity index (χ3v) is 4.14. The number of benzene rings is 2. The third kappa shape index (κ3) is 3.42. The molecule has 2 amide bonds. The predicted molar refractivity (Wildman–Crippen MR) is 91.9 cm³/mol. The Morgan fingerprint density at radius 3 is 2.48 bits per heavy atom. The molecule has 25 heavy (non-hydrogen) atoms. The van der Waals surface area contributed by atoms with Crippen LogP contribution in [0.15, 0.2) is 48.5 Å². The summed E-state index contributed by atoms with van der Waals surface area (Å²) in [5.41, 5.74) is 0.910. The van der Waals surface area contributed by atoms with Gasteiger partial charge in [-0.1, -0.05) is 24.3 Å². The van der Waals surface area contributed by atoms with E-state index in [1.54, 1.807) is 36.4 Å². The van der Waals surface area contributed by atoms with E-state index >= 15 is 0 Å². The van der Waals surface area contributed by atoms with Crippen molar-refractivity contribution in [2.75, 3.05) is 11.9 Å². The van der Waals surface area contributed by atoms with Crippen molar-refractivity contribution < 1.29 is 19.1 Å². The number of amides is 2. The Morgan fingerprint density at radius 2 is 1.68 bits per heavy atom. The van der Waals surface area contributed by atoms with Crippen molar-refractivity contribution in [2.45, 2.75) is 25.0 Å². The predicted octanol–water partition coefficient (Wildman–Crippen LogP) is 2.36. The molecule has 0 radical (unpaired) electrons. The molecule has 2 aromatic carbocycles. The molecule has 1 saturated carbocycles. The number of carbonyl (C=O) groups is 2. The monoisotopic (exact) mass is 338 g/mol. The number of ether oxygens (including phenoxy) is 2. The van der Waals surface area contributed by atoms with Gasteiger partial charge in [0.2, 0.25) is 6.10 Å². The number of rotatable bonds is 4. The van der Waals surface area contributed by atoms with Gasteiger partial charge in [0.15, 0.2) is 11.5 Å². The second kappa shape index (κ2) is 6.47. The summed E-state index contributed by atoms with van der Waals surface area (Å²) < 4.78 is 11.3. The lowest BCUT2D eigenvalue weighted by Gasteiger charge is -2.25. The average molecular weight is 338 g/mol. The van der Waals surface area contributed by atoms with E-state index in [1.807, 2.05) is 12.1 Å². The maximum Gasteiger partial charge on any atom is 0.269 e. The molecule has 0 bridgehead atoms. The molecule has 4 rings (SSSR count). The third-order valence-electron chi connectivity index (χ3n) is 4.14. The van der Waals surface area contributed by atoms with Gasteiger partial charge >= 0.3 is 0 Å². The Balaban J connectivity index is 1.47. The van der Waals surface area contributed by atoms with E-state index < -0.39 is 6.10 Å². The molecular weight excluding hydrogens is 320 g/mol. The Morgan fingerprint density at radius 1 is 0.960 bits per heavy atom. The highest BCUT2D eigenvalue weighted by molar-refractivity contribution is 6.05. The van der Waals surface area contributed by atoms with Crippen LogP contribution in [0.25, 0.3) is 0 Å². The lowest BCUT2D eigenvalue weighted by molar-refractivity contribution is -0.125. The van der Waals surface area contributed by atoms with Gasteiger partial charge in [-0.2, -0.15) is 0 Å². The van der Waals surface area contributed by atoms with E-state index in [4.69, 9.17) is 9.47 Å². The molecule has 2 aromatic rings. The molecule has 6 nitrogen and oxygen atoms in total. The molecule has 0 saturated heterocycles. The van der Waals surface area contributed by atoms with Gasteiger partial charge in [0.25, 0.3) is 11.8 Å². The van der Waals surface area contributed by atoms with Crippen LogP contribution in [0.1, 0.15) is 23.2 Å². The lowest BCUT2D eigenvalue weighted by atomic mass is 10.1. The Labute approximate surface area is 145 Å². The quantitative estimate of drug-likeness (QED) is 0.897. The normalized spacial score (nSPS) is 18.3. The summed E-state index contributed by atoms with van der Waals surface area (Å²) in [6.45, 7) is 0.124. The van der Waals surface area contributed by atoms with E-state index in [-0.39, 0.29) is 24.5 Å². The first-order valence-electron chi connectivity index (χ1n) is 8.30. The molecule has 1 heterocycles. The van der Waals surface area contributed by atoms with Crippen LogP contribution >= 0.6 is 0 Å². The fraction of sp³-hybridized carbons (Fsp3) is 0.263. The molecule has 2 N–H and O–H groups in total. The largest absolute Gasteiger partial charge is 0.485 e. The number of anilines is 1. The molecule has 1 atom stereocenters. The molecular formula is C19H18N2O4. The minimum Gasteiger partial charge on any atom is -0.485 e. The summed E-state index contributed by atoms with van der Waals surface area (Å²) in [6.07, 6.45) is 1.24. The van der Waals surface area contributed by atoms with E-state index in [9.17, 15) is 9.59 Å². The molecule has 0 aromatic heterocycles. The van der Waals surface area contributed by atoms with Gasteiger partial charge in [0.05, 0.1) is 11.3 Å². The van der Waals surface area contributed by atoms with Crippen molar-refractivity contribution >= 4 is 17.5 Å². The smallest absolute Gasteiger partial charge is 0.269 e. The van der Waals surface area contributed by atoms with Crippen LogP contribution in [0.5, 0.6) is 11.5 Å². The van der Waals surface area contributed by atoms with E-state index in [1.165, 1.54) is 0 Å². The maximum absolute atomic E-state index is 12.5. The minimum absolute atomic E-state index is 0.124. The van der Waals surface area contributed by atoms with Crippen molar-refractivity contribution in [3.63, 3.8) is 0 Å². The van der Waals surface area contributed by atoms with Crippen LogP contribution in [0.3, 0.4) is 0 Å². The van der Waals surface area contributed by atoms with Gasteiger partial charge in [-0.25, -0.2) is 0 Å². The zero-order chi connectivity index (χ0) is 17.2. The van der Waals surface area contributed by atoms with Crippen molar-refractivity contribution in [2.24, 2.45) is 0 Å². The summed E-state index contributed by atoms with van der Waals surface area (Å²) >= 11 is 0.